The minimum Gasteiger partial charge on any atom is -0.298 e. The highest BCUT2D eigenvalue weighted by Crippen LogP contribution is 2.31. The third-order valence-electron chi connectivity index (χ3n) is 2.66. The molecule has 19 heavy (non-hydrogen) atoms. The Morgan fingerprint density at radius 1 is 1.37 bits per heavy atom. The summed E-state index contributed by atoms with van der Waals surface area (Å²) in [4.78, 5) is 11.2. The topological polar surface area (TPSA) is 34.9 Å². The molecule has 2 aromatic rings. The maximum atomic E-state index is 11.2. The Balaban J connectivity index is 2.48. The molecule has 3 nitrogen and oxygen atoms in total. The molecule has 0 saturated carbocycles. The Bertz CT molecular complexity index is 605. The van der Waals surface area contributed by atoms with Gasteiger partial charge in [0, 0.05) is 23.3 Å². The van der Waals surface area contributed by atoms with Crippen LogP contribution in [0.15, 0.2) is 24.4 Å². The largest absolute Gasteiger partial charge is 0.298 e. The number of hydrogen-bond acceptors (Lipinski definition) is 2. The molecule has 1 heterocycles. The maximum absolute atomic E-state index is 11.2. The van der Waals surface area contributed by atoms with Crippen molar-refractivity contribution in [2.45, 2.75) is 20.4 Å². The van der Waals surface area contributed by atoms with Crippen LogP contribution in [0.3, 0.4) is 0 Å². The van der Waals surface area contributed by atoms with E-state index in [9.17, 15) is 4.79 Å². The van der Waals surface area contributed by atoms with E-state index in [0.717, 1.165) is 18.4 Å². The average molecular weight is 297 g/mol. The average Bonchev–Trinajstić information content (AvgIpc) is 2.71. The van der Waals surface area contributed by atoms with Gasteiger partial charge in [-0.15, -0.1) is 0 Å². The number of aldehydes is 1. The number of hydrogen-bond donors (Lipinski definition) is 0. The fraction of sp³-hybridized carbons (Fsp3) is 0.286. The molecule has 0 fully saturated rings. The van der Waals surface area contributed by atoms with Gasteiger partial charge in [-0.1, -0.05) is 37.0 Å². The highest BCUT2D eigenvalue weighted by atomic mass is 35.5. The molecule has 0 N–H and O–H groups in total. The fourth-order valence-corrected chi connectivity index (χ4v) is 2.38. The van der Waals surface area contributed by atoms with Gasteiger partial charge in [0.1, 0.15) is 5.69 Å². The third kappa shape index (κ3) is 3.17. The highest BCUT2D eigenvalue weighted by molar-refractivity contribution is 6.36. The summed E-state index contributed by atoms with van der Waals surface area (Å²) in [5.41, 5.74) is 1.85. The SMILES string of the molecule is CC(C)Cn1cc(C=O)c(-c2ccc(Cl)cc2Cl)n1. The zero-order valence-corrected chi connectivity index (χ0v) is 12.2. The molecule has 0 aliphatic carbocycles. The molecule has 0 spiro atoms. The Morgan fingerprint density at radius 2 is 2.11 bits per heavy atom. The summed E-state index contributed by atoms with van der Waals surface area (Å²) in [6, 6.07) is 5.16. The van der Waals surface area contributed by atoms with Crippen molar-refractivity contribution >= 4 is 29.5 Å². The molecule has 0 aliphatic rings. The van der Waals surface area contributed by atoms with Crippen LogP contribution in [0, 0.1) is 5.92 Å². The first kappa shape index (κ1) is 14.1. The second-order valence-corrected chi connectivity index (χ2v) is 5.63. The van der Waals surface area contributed by atoms with Crippen molar-refractivity contribution in [1.29, 1.82) is 0 Å². The normalized spacial score (nSPS) is 11.0. The summed E-state index contributed by atoms with van der Waals surface area (Å²) in [6.45, 7) is 4.94. The van der Waals surface area contributed by atoms with E-state index in [0.29, 0.717) is 27.2 Å². The molecule has 0 atom stereocenters. The predicted octanol–water partition coefficient (Wildman–Crippen LogP) is 4.33. The lowest BCUT2D eigenvalue weighted by molar-refractivity contribution is 0.112. The molecule has 0 bridgehead atoms. The van der Waals surface area contributed by atoms with Gasteiger partial charge in [-0.3, -0.25) is 9.48 Å². The molecule has 0 aliphatic heterocycles. The van der Waals surface area contributed by atoms with E-state index in [1.165, 1.54) is 0 Å². The van der Waals surface area contributed by atoms with Gasteiger partial charge in [-0.05, 0) is 24.1 Å². The van der Waals surface area contributed by atoms with Crippen molar-refractivity contribution in [2.24, 2.45) is 5.92 Å². The van der Waals surface area contributed by atoms with E-state index in [1.807, 2.05) is 0 Å². The fourth-order valence-electron chi connectivity index (χ4n) is 1.88. The standard InChI is InChI=1S/C14H14Cl2N2O/c1-9(2)6-18-7-10(8-19)14(17-18)12-4-3-11(15)5-13(12)16/h3-5,7-9H,6H2,1-2H3. The molecule has 1 aromatic heterocycles. The van der Waals surface area contributed by atoms with Crippen molar-refractivity contribution in [3.8, 4) is 11.3 Å². The minimum absolute atomic E-state index is 0.452. The van der Waals surface area contributed by atoms with Crippen LogP contribution >= 0.6 is 23.2 Å². The smallest absolute Gasteiger partial charge is 0.153 e. The Hall–Kier alpha value is -1.32. The van der Waals surface area contributed by atoms with Crippen molar-refractivity contribution in [3.63, 3.8) is 0 Å². The molecule has 2 rings (SSSR count). The molecule has 0 unspecified atom stereocenters. The Kier molecular flexibility index (Phi) is 4.27. The van der Waals surface area contributed by atoms with Gasteiger partial charge in [0.15, 0.2) is 6.29 Å². The van der Waals surface area contributed by atoms with Crippen LogP contribution in [0.5, 0.6) is 0 Å². The van der Waals surface area contributed by atoms with E-state index in [4.69, 9.17) is 23.2 Å². The highest BCUT2D eigenvalue weighted by Gasteiger charge is 2.14. The summed E-state index contributed by atoms with van der Waals surface area (Å²) in [5, 5.41) is 5.49. The van der Waals surface area contributed by atoms with Gasteiger partial charge >= 0.3 is 0 Å². The number of aromatic nitrogens is 2. The van der Waals surface area contributed by atoms with Gasteiger partial charge in [-0.2, -0.15) is 5.10 Å². The van der Waals surface area contributed by atoms with Gasteiger partial charge < -0.3 is 0 Å². The monoisotopic (exact) mass is 296 g/mol. The third-order valence-corrected chi connectivity index (χ3v) is 3.20. The molecular weight excluding hydrogens is 283 g/mol. The zero-order chi connectivity index (χ0) is 14.0. The van der Waals surface area contributed by atoms with Crippen LogP contribution in [0.25, 0.3) is 11.3 Å². The summed E-state index contributed by atoms with van der Waals surface area (Å²) in [6.07, 6.45) is 2.54. The number of benzene rings is 1. The van der Waals surface area contributed by atoms with Crippen molar-refractivity contribution in [3.05, 3.63) is 40.0 Å². The van der Waals surface area contributed by atoms with E-state index >= 15 is 0 Å². The molecule has 0 saturated heterocycles. The first-order valence-corrected chi connectivity index (χ1v) is 6.75. The van der Waals surface area contributed by atoms with Crippen LogP contribution in [0.4, 0.5) is 0 Å². The predicted molar refractivity (Wildman–Crippen MR) is 77.9 cm³/mol. The summed E-state index contributed by atoms with van der Waals surface area (Å²) >= 11 is 12.0. The van der Waals surface area contributed by atoms with E-state index in [1.54, 1.807) is 29.1 Å². The van der Waals surface area contributed by atoms with Crippen LogP contribution < -0.4 is 0 Å². The molecule has 100 valence electrons. The summed E-state index contributed by atoms with van der Waals surface area (Å²) in [5.74, 6) is 0.452. The van der Waals surface area contributed by atoms with Gasteiger partial charge in [0.05, 0.1) is 10.6 Å². The maximum Gasteiger partial charge on any atom is 0.153 e. The molecule has 1 aromatic carbocycles. The van der Waals surface area contributed by atoms with E-state index < -0.39 is 0 Å². The van der Waals surface area contributed by atoms with Crippen LogP contribution in [-0.2, 0) is 6.54 Å². The number of carbonyl (C=O) groups excluding carboxylic acids is 1. The van der Waals surface area contributed by atoms with Crippen LogP contribution in [0.1, 0.15) is 24.2 Å². The lowest BCUT2D eigenvalue weighted by Gasteiger charge is -2.04. The second-order valence-electron chi connectivity index (χ2n) is 4.79. The number of nitrogens with zero attached hydrogens (tertiary/aromatic N) is 2. The van der Waals surface area contributed by atoms with Crippen LogP contribution in [-0.4, -0.2) is 16.1 Å². The van der Waals surface area contributed by atoms with Gasteiger partial charge in [0.2, 0.25) is 0 Å². The molecule has 0 amide bonds. The number of carbonyl (C=O) groups is 1. The quantitative estimate of drug-likeness (QED) is 0.787. The van der Waals surface area contributed by atoms with E-state index in [2.05, 4.69) is 18.9 Å². The van der Waals surface area contributed by atoms with Crippen molar-refractivity contribution < 1.29 is 4.79 Å². The van der Waals surface area contributed by atoms with Crippen molar-refractivity contribution in [2.75, 3.05) is 0 Å². The molecule has 0 radical (unpaired) electrons. The summed E-state index contributed by atoms with van der Waals surface area (Å²) in [7, 11) is 0. The Labute approximate surface area is 122 Å². The Morgan fingerprint density at radius 3 is 2.68 bits per heavy atom. The number of rotatable bonds is 4. The molecule has 5 heteroatoms. The lowest BCUT2D eigenvalue weighted by atomic mass is 10.1. The number of halogens is 2. The minimum atomic E-state index is 0.452. The zero-order valence-electron chi connectivity index (χ0n) is 10.7. The van der Waals surface area contributed by atoms with Crippen LogP contribution in [0.2, 0.25) is 10.0 Å². The second kappa shape index (κ2) is 5.76. The van der Waals surface area contributed by atoms with Crippen molar-refractivity contribution in [1.82, 2.24) is 9.78 Å². The van der Waals surface area contributed by atoms with Gasteiger partial charge in [0.25, 0.3) is 0 Å². The molecular formula is C14H14Cl2N2O. The summed E-state index contributed by atoms with van der Waals surface area (Å²) < 4.78 is 1.77. The van der Waals surface area contributed by atoms with E-state index in [-0.39, 0.29) is 0 Å². The first-order valence-electron chi connectivity index (χ1n) is 5.99. The first-order chi connectivity index (χ1) is 9.01. The lowest BCUT2D eigenvalue weighted by Crippen LogP contribution is -2.04. The van der Waals surface area contributed by atoms with Gasteiger partial charge in [-0.25, -0.2) is 0 Å².